The highest BCUT2D eigenvalue weighted by molar-refractivity contribution is 14.1. The van der Waals surface area contributed by atoms with Crippen LogP contribution in [0.3, 0.4) is 0 Å². The molecule has 0 aromatic carbocycles. The van der Waals surface area contributed by atoms with Gasteiger partial charge in [0.2, 0.25) is 0 Å². The van der Waals surface area contributed by atoms with Crippen LogP contribution >= 0.6 is 22.6 Å². The number of pyridine rings is 1. The van der Waals surface area contributed by atoms with Crippen molar-refractivity contribution in [2.24, 2.45) is 0 Å². The number of rotatable bonds is 13. The molecule has 1 rings (SSSR count). The summed E-state index contributed by atoms with van der Waals surface area (Å²) in [5.41, 5.74) is -1.44. The summed E-state index contributed by atoms with van der Waals surface area (Å²) in [5.74, 6) is -37.0. The minimum atomic E-state index is -7.94. The lowest BCUT2D eigenvalue weighted by Crippen LogP contribution is -2.70. The Labute approximate surface area is 241 Å². The zero-order valence-corrected chi connectivity index (χ0v) is 25.7. The van der Waals surface area contributed by atoms with Crippen molar-refractivity contribution < 1.29 is 61.5 Å². The first-order valence-corrected chi connectivity index (χ1v) is 15.5. The second kappa shape index (κ2) is 12.1. The molecule has 1 atom stereocenters. The second-order valence-corrected chi connectivity index (χ2v) is 16.4. The number of hydrogen-bond acceptors (Lipinski definition) is 2. The quantitative estimate of drug-likeness (QED) is 0.0944. The van der Waals surface area contributed by atoms with Gasteiger partial charge in [0.15, 0.2) is 8.32 Å². The van der Waals surface area contributed by atoms with Crippen LogP contribution in [0.5, 0.6) is 0 Å². The molecule has 0 spiro atoms. The Hall–Kier alpha value is -1.05. The van der Waals surface area contributed by atoms with Crippen LogP contribution in [-0.4, -0.2) is 49.1 Å². The fraction of sp³-hybridized carbons (Fsp3) is 0.783. The Kier molecular flexibility index (Phi) is 11.3. The van der Waals surface area contributed by atoms with Crippen molar-refractivity contribution >= 4 is 30.9 Å². The van der Waals surface area contributed by atoms with Crippen LogP contribution in [0.4, 0.5) is 57.1 Å². The topological polar surface area (TPSA) is 42.1 Å². The second-order valence-electron chi connectivity index (χ2n) is 10.3. The number of hydrogen-bond donors (Lipinski definition) is 1. The molecule has 1 aromatic heterocycles. The maximum atomic E-state index is 14.7. The van der Waals surface area contributed by atoms with Gasteiger partial charge in [0.1, 0.15) is 0 Å². The maximum Gasteiger partial charge on any atom is 0.460 e. The Balaban J connectivity index is 3.58. The van der Waals surface area contributed by atoms with Crippen LogP contribution < -0.4 is 5.56 Å². The van der Waals surface area contributed by atoms with Crippen LogP contribution in [0.25, 0.3) is 0 Å². The summed E-state index contributed by atoms with van der Waals surface area (Å²) >= 11 is 1.78. The SMILES string of the molecule is CC[C@@H](O[Si](CCC(F)(F)C(F)(F)C(F)(F)C(F)(F)C(F)(F)C(F)(F)F)(C(C)C)C(C)C)c1cc(I)[nH]c(=O)c1C. The van der Waals surface area contributed by atoms with Gasteiger partial charge < -0.3 is 9.41 Å². The lowest BCUT2D eigenvalue weighted by Gasteiger charge is -2.44. The molecule has 1 N–H and O–H groups in total. The summed E-state index contributed by atoms with van der Waals surface area (Å²) < 4.78 is 184. The van der Waals surface area contributed by atoms with E-state index in [0.29, 0.717) is 9.26 Å². The first kappa shape index (κ1) is 38.0. The molecule has 18 heteroatoms. The maximum absolute atomic E-state index is 14.7. The smallest absolute Gasteiger partial charge is 0.409 e. The number of aromatic amines is 1. The van der Waals surface area contributed by atoms with Crippen LogP contribution in [0.2, 0.25) is 17.1 Å². The molecule has 0 radical (unpaired) electrons. The van der Waals surface area contributed by atoms with Crippen molar-refractivity contribution in [3.63, 3.8) is 0 Å². The van der Waals surface area contributed by atoms with E-state index in [1.165, 1.54) is 40.7 Å². The number of nitrogens with one attached hydrogen (secondary N) is 1. The molecule has 0 aliphatic carbocycles. The highest BCUT2D eigenvalue weighted by Gasteiger charge is 2.90. The highest BCUT2D eigenvalue weighted by Crippen LogP contribution is 2.61. The molecule has 0 saturated carbocycles. The Morgan fingerprint density at radius 1 is 0.829 bits per heavy atom. The number of halogens is 14. The molecular formula is C23H29F13INO2Si. The van der Waals surface area contributed by atoms with Gasteiger partial charge in [-0.1, -0.05) is 34.6 Å². The van der Waals surface area contributed by atoms with E-state index >= 15 is 0 Å². The summed E-state index contributed by atoms with van der Waals surface area (Å²) in [6.45, 7) is 8.83. The molecule has 3 nitrogen and oxygen atoms in total. The third-order valence-electron chi connectivity index (χ3n) is 7.15. The molecule has 0 aliphatic heterocycles. The first-order valence-electron chi connectivity index (χ1n) is 12.1. The summed E-state index contributed by atoms with van der Waals surface area (Å²) in [6, 6.07) is 0.412. The van der Waals surface area contributed by atoms with Gasteiger partial charge in [0.25, 0.3) is 5.56 Å². The van der Waals surface area contributed by atoms with Gasteiger partial charge in [0, 0.05) is 12.0 Å². The van der Waals surface area contributed by atoms with Gasteiger partial charge in [-0.3, -0.25) is 4.79 Å². The average molecular weight is 753 g/mol. The van der Waals surface area contributed by atoms with E-state index in [1.807, 2.05) is 0 Å². The zero-order chi connectivity index (χ0) is 32.8. The van der Waals surface area contributed by atoms with Gasteiger partial charge in [0.05, 0.1) is 9.80 Å². The van der Waals surface area contributed by atoms with E-state index in [1.54, 1.807) is 29.5 Å². The molecule has 0 bridgehead atoms. The third-order valence-corrected chi connectivity index (χ3v) is 13.4. The van der Waals surface area contributed by atoms with Crippen molar-refractivity contribution in [2.45, 2.75) is 113 Å². The number of alkyl halides is 13. The molecular weight excluding hydrogens is 724 g/mol. The average Bonchev–Trinajstić information content (AvgIpc) is 2.80. The lowest BCUT2D eigenvalue weighted by atomic mass is 9.93. The Bertz CT molecular complexity index is 1110. The summed E-state index contributed by atoms with van der Waals surface area (Å²) in [4.78, 5) is 14.8. The molecule has 0 amide bonds. The molecule has 1 aromatic rings. The largest absolute Gasteiger partial charge is 0.460 e. The van der Waals surface area contributed by atoms with Gasteiger partial charge in [-0.15, -0.1) is 0 Å². The summed E-state index contributed by atoms with van der Waals surface area (Å²) in [5, 5.41) is 0. The fourth-order valence-electron chi connectivity index (χ4n) is 4.47. The molecule has 1 heterocycles. The predicted octanol–water partition coefficient (Wildman–Crippen LogP) is 9.65. The zero-order valence-electron chi connectivity index (χ0n) is 22.5. The first-order chi connectivity index (χ1) is 18.1. The molecule has 0 unspecified atom stereocenters. The summed E-state index contributed by atoms with van der Waals surface area (Å²) in [6.07, 6.45) is -10.6. The van der Waals surface area contributed by atoms with Crippen molar-refractivity contribution in [3.8, 4) is 0 Å². The third kappa shape index (κ3) is 6.57. The van der Waals surface area contributed by atoms with Crippen molar-refractivity contribution in [1.29, 1.82) is 0 Å². The molecule has 240 valence electrons. The standard InChI is InChI=1S/C23H29F13INO2Si/c1-7-15(14-10-16(37)38-17(39)13(14)6)40-41(11(2)3,12(4)5)9-8-18(24,25)19(26,27)20(28,29)21(30,31)22(32,33)23(34,35)36/h10-12,15H,7-9H2,1-6H3,(H,38,39)/t15-/m1/s1. The Morgan fingerprint density at radius 2 is 1.27 bits per heavy atom. The summed E-state index contributed by atoms with van der Waals surface area (Å²) in [7, 11) is -3.82. The van der Waals surface area contributed by atoms with Gasteiger partial charge in [-0.2, -0.15) is 57.1 Å². The molecule has 41 heavy (non-hydrogen) atoms. The highest BCUT2D eigenvalue weighted by atomic mass is 127. The van der Waals surface area contributed by atoms with Gasteiger partial charge >= 0.3 is 35.8 Å². The van der Waals surface area contributed by atoms with Crippen LogP contribution in [0.1, 0.15) is 64.7 Å². The van der Waals surface area contributed by atoms with Crippen LogP contribution in [0.15, 0.2) is 10.9 Å². The monoisotopic (exact) mass is 753 g/mol. The number of aromatic nitrogens is 1. The van der Waals surface area contributed by atoms with E-state index in [4.69, 9.17) is 4.43 Å². The molecule has 0 saturated heterocycles. The van der Waals surface area contributed by atoms with E-state index < -0.39 is 79.3 Å². The van der Waals surface area contributed by atoms with E-state index in [0.717, 1.165) is 0 Å². The van der Waals surface area contributed by atoms with E-state index in [-0.39, 0.29) is 12.0 Å². The van der Waals surface area contributed by atoms with E-state index in [9.17, 15) is 61.9 Å². The minimum absolute atomic E-state index is 0.123. The minimum Gasteiger partial charge on any atom is -0.409 e. The molecule has 0 aliphatic rings. The van der Waals surface area contributed by atoms with Gasteiger partial charge in [-0.25, -0.2) is 0 Å². The van der Waals surface area contributed by atoms with Crippen molar-refractivity contribution in [1.82, 2.24) is 4.98 Å². The lowest BCUT2D eigenvalue weighted by molar-refractivity contribution is -0.440. The van der Waals surface area contributed by atoms with Crippen molar-refractivity contribution in [3.05, 3.63) is 31.2 Å². The normalized spacial score (nSPS) is 15.7. The number of H-pyrrole nitrogens is 1. The fourth-order valence-corrected chi connectivity index (χ4v) is 9.73. The van der Waals surface area contributed by atoms with Crippen LogP contribution in [-0.2, 0) is 4.43 Å². The van der Waals surface area contributed by atoms with Crippen LogP contribution in [0, 0.1) is 10.6 Å². The van der Waals surface area contributed by atoms with E-state index in [2.05, 4.69) is 4.98 Å². The molecule has 0 fully saturated rings. The predicted molar refractivity (Wildman–Crippen MR) is 135 cm³/mol. The van der Waals surface area contributed by atoms with Crippen molar-refractivity contribution in [2.75, 3.05) is 0 Å². The van der Waals surface area contributed by atoms with Gasteiger partial charge in [-0.05, 0) is 64.7 Å². The Morgan fingerprint density at radius 3 is 1.66 bits per heavy atom.